The summed E-state index contributed by atoms with van der Waals surface area (Å²) in [7, 11) is 1.59. The van der Waals surface area contributed by atoms with Gasteiger partial charge in [0.1, 0.15) is 12.4 Å². The highest BCUT2D eigenvalue weighted by Crippen LogP contribution is 2.37. The number of anilines is 1. The highest BCUT2D eigenvalue weighted by atomic mass is 79.9. The minimum Gasteiger partial charge on any atom is -0.493 e. The minimum absolute atomic E-state index is 0.250. The van der Waals surface area contributed by atoms with Gasteiger partial charge in [0, 0.05) is 12.2 Å². The van der Waals surface area contributed by atoms with Gasteiger partial charge in [0.15, 0.2) is 11.5 Å². The van der Waals surface area contributed by atoms with Crippen LogP contribution in [0.15, 0.2) is 71.2 Å². The number of hydrogen-bond donors (Lipinski definition) is 2. The van der Waals surface area contributed by atoms with Crippen molar-refractivity contribution in [3.63, 3.8) is 0 Å². The van der Waals surface area contributed by atoms with Gasteiger partial charge < -0.3 is 14.9 Å². The molecule has 0 aliphatic heterocycles. The second-order valence-electron chi connectivity index (χ2n) is 5.87. The quantitative estimate of drug-likeness (QED) is 0.476. The van der Waals surface area contributed by atoms with Crippen LogP contribution in [-0.4, -0.2) is 7.11 Å². The van der Waals surface area contributed by atoms with Gasteiger partial charge in [-0.15, -0.1) is 0 Å². The fourth-order valence-corrected chi connectivity index (χ4v) is 3.17. The summed E-state index contributed by atoms with van der Waals surface area (Å²) in [6.45, 7) is 0.841. The SMILES string of the molecule is COc1cc(CNNc2ccccc2)cc(Br)c1OCc1cccc(F)c1. The number of hydrogen-bond acceptors (Lipinski definition) is 4. The summed E-state index contributed by atoms with van der Waals surface area (Å²) in [4.78, 5) is 0. The van der Waals surface area contributed by atoms with E-state index in [0.717, 1.165) is 21.3 Å². The van der Waals surface area contributed by atoms with Crippen molar-refractivity contribution < 1.29 is 13.9 Å². The Morgan fingerprint density at radius 1 is 0.963 bits per heavy atom. The lowest BCUT2D eigenvalue weighted by Crippen LogP contribution is -2.20. The third kappa shape index (κ3) is 5.45. The summed E-state index contributed by atoms with van der Waals surface area (Å²) in [6, 6.07) is 20.1. The summed E-state index contributed by atoms with van der Waals surface area (Å²) in [6.07, 6.45) is 0. The number of para-hydroxylation sites is 1. The van der Waals surface area contributed by atoms with Gasteiger partial charge in [-0.2, -0.15) is 0 Å². The Bertz CT molecular complexity index is 891. The average molecular weight is 431 g/mol. The molecule has 0 radical (unpaired) electrons. The van der Waals surface area contributed by atoms with Crippen molar-refractivity contribution in [1.29, 1.82) is 0 Å². The van der Waals surface area contributed by atoms with Crippen molar-refractivity contribution in [2.75, 3.05) is 12.5 Å². The van der Waals surface area contributed by atoms with E-state index >= 15 is 0 Å². The van der Waals surface area contributed by atoms with Gasteiger partial charge in [0.05, 0.1) is 11.6 Å². The number of rotatable bonds is 8. The Kier molecular flexibility index (Phi) is 6.68. The smallest absolute Gasteiger partial charge is 0.175 e. The molecule has 2 N–H and O–H groups in total. The molecule has 3 aromatic carbocycles. The van der Waals surface area contributed by atoms with Crippen LogP contribution < -0.4 is 20.3 Å². The standard InChI is InChI=1S/C21H20BrFN2O2/c1-26-20-12-16(13-24-25-18-8-3-2-4-9-18)11-19(22)21(20)27-14-15-6-5-7-17(23)10-15/h2-12,24-25H,13-14H2,1H3. The third-order valence-electron chi connectivity index (χ3n) is 3.86. The van der Waals surface area contributed by atoms with Gasteiger partial charge >= 0.3 is 0 Å². The fraction of sp³-hybridized carbons (Fsp3) is 0.143. The largest absolute Gasteiger partial charge is 0.493 e. The molecule has 0 bridgehead atoms. The van der Waals surface area contributed by atoms with Crippen molar-refractivity contribution in [3.8, 4) is 11.5 Å². The Hall–Kier alpha value is -2.57. The van der Waals surface area contributed by atoms with Gasteiger partial charge in [-0.3, -0.25) is 0 Å². The van der Waals surface area contributed by atoms with Gasteiger partial charge in [-0.05, 0) is 63.5 Å². The molecule has 4 nitrogen and oxygen atoms in total. The molecule has 3 rings (SSSR count). The van der Waals surface area contributed by atoms with Crippen LogP contribution in [0.5, 0.6) is 11.5 Å². The average Bonchev–Trinajstić information content (AvgIpc) is 2.67. The molecule has 0 atom stereocenters. The molecule has 6 heteroatoms. The zero-order chi connectivity index (χ0) is 19.1. The van der Waals surface area contributed by atoms with Crippen molar-refractivity contribution in [2.24, 2.45) is 0 Å². The van der Waals surface area contributed by atoms with E-state index in [-0.39, 0.29) is 12.4 Å². The number of methoxy groups -OCH3 is 1. The van der Waals surface area contributed by atoms with Crippen LogP contribution in [0.4, 0.5) is 10.1 Å². The van der Waals surface area contributed by atoms with Gasteiger partial charge in [0.2, 0.25) is 0 Å². The monoisotopic (exact) mass is 430 g/mol. The normalized spacial score (nSPS) is 10.5. The van der Waals surface area contributed by atoms with E-state index in [4.69, 9.17) is 9.47 Å². The maximum absolute atomic E-state index is 13.3. The Morgan fingerprint density at radius 2 is 1.78 bits per heavy atom. The molecule has 140 valence electrons. The molecule has 0 fully saturated rings. The fourth-order valence-electron chi connectivity index (χ4n) is 2.57. The lowest BCUT2D eigenvalue weighted by Gasteiger charge is -2.15. The van der Waals surface area contributed by atoms with E-state index in [1.54, 1.807) is 13.2 Å². The van der Waals surface area contributed by atoms with E-state index in [1.165, 1.54) is 12.1 Å². The second-order valence-corrected chi connectivity index (χ2v) is 6.73. The number of halogens is 2. The molecular weight excluding hydrogens is 411 g/mol. The summed E-state index contributed by atoms with van der Waals surface area (Å²) in [5, 5.41) is 0. The number of hydrazine groups is 1. The van der Waals surface area contributed by atoms with Gasteiger partial charge in [0.25, 0.3) is 0 Å². The molecular formula is C21H20BrFN2O2. The molecule has 0 unspecified atom stereocenters. The van der Waals surface area contributed by atoms with E-state index < -0.39 is 0 Å². The maximum atomic E-state index is 13.3. The first kappa shape index (κ1) is 19.2. The van der Waals surface area contributed by atoms with Crippen molar-refractivity contribution in [2.45, 2.75) is 13.2 Å². The van der Waals surface area contributed by atoms with E-state index in [0.29, 0.717) is 18.0 Å². The Morgan fingerprint density at radius 3 is 2.52 bits per heavy atom. The lowest BCUT2D eigenvalue weighted by atomic mass is 10.2. The maximum Gasteiger partial charge on any atom is 0.175 e. The number of nitrogens with one attached hydrogen (secondary N) is 2. The first-order valence-electron chi connectivity index (χ1n) is 8.43. The zero-order valence-electron chi connectivity index (χ0n) is 14.8. The predicted octanol–water partition coefficient (Wildman–Crippen LogP) is 5.29. The molecule has 27 heavy (non-hydrogen) atoms. The van der Waals surface area contributed by atoms with Crippen molar-refractivity contribution in [3.05, 3.63) is 88.1 Å². The van der Waals surface area contributed by atoms with E-state index in [1.807, 2.05) is 48.5 Å². The summed E-state index contributed by atoms with van der Waals surface area (Å²) in [5.41, 5.74) is 9.07. The van der Waals surface area contributed by atoms with Gasteiger partial charge in [-0.25, -0.2) is 9.82 Å². The van der Waals surface area contributed by atoms with Crippen LogP contribution in [0, 0.1) is 5.82 Å². The minimum atomic E-state index is -0.283. The summed E-state index contributed by atoms with van der Waals surface area (Å²) < 4.78 is 25.4. The van der Waals surface area contributed by atoms with Crippen molar-refractivity contribution >= 4 is 21.6 Å². The second kappa shape index (κ2) is 9.39. The molecule has 0 saturated carbocycles. The van der Waals surface area contributed by atoms with Gasteiger partial charge in [-0.1, -0.05) is 30.3 Å². The summed E-state index contributed by atoms with van der Waals surface area (Å²) >= 11 is 3.54. The molecule has 0 heterocycles. The molecule has 0 amide bonds. The van der Waals surface area contributed by atoms with Crippen LogP contribution in [-0.2, 0) is 13.2 Å². The topological polar surface area (TPSA) is 42.5 Å². The van der Waals surface area contributed by atoms with E-state index in [2.05, 4.69) is 26.8 Å². The van der Waals surface area contributed by atoms with Crippen LogP contribution in [0.3, 0.4) is 0 Å². The van der Waals surface area contributed by atoms with Crippen LogP contribution in [0.1, 0.15) is 11.1 Å². The molecule has 0 aromatic heterocycles. The van der Waals surface area contributed by atoms with Crippen LogP contribution in [0.2, 0.25) is 0 Å². The van der Waals surface area contributed by atoms with E-state index in [9.17, 15) is 4.39 Å². The highest BCUT2D eigenvalue weighted by molar-refractivity contribution is 9.10. The molecule has 0 aliphatic rings. The van der Waals surface area contributed by atoms with Crippen LogP contribution in [0.25, 0.3) is 0 Å². The number of ether oxygens (including phenoxy) is 2. The molecule has 3 aromatic rings. The molecule has 0 spiro atoms. The molecule has 0 aliphatic carbocycles. The predicted molar refractivity (Wildman–Crippen MR) is 108 cm³/mol. The lowest BCUT2D eigenvalue weighted by molar-refractivity contribution is 0.282. The third-order valence-corrected chi connectivity index (χ3v) is 4.45. The highest BCUT2D eigenvalue weighted by Gasteiger charge is 2.12. The van der Waals surface area contributed by atoms with Crippen molar-refractivity contribution in [1.82, 2.24) is 5.43 Å². The molecule has 0 saturated heterocycles. The van der Waals surface area contributed by atoms with Crippen LogP contribution >= 0.6 is 15.9 Å². The first-order chi connectivity index (χ1) is 13.2. The Labute approximate surface area is 166 Å². The number of benzene rings is 3. The summed E-state index contributed by atoms with van der Waals surface area (Å²) in [5.74, 6) is 0.910. The Balaban J connectivity index is 1.65. The zero-order valence-corrected chi connectivity index (χ0v) is 16.4. The first-order valence-corrected chi connectivity index (χ1v) is 9.22.